The molecule has 0 aliphatic carbocycles. The summed E-state index contributed by atoms with van der Waals surface area (Å²) in [5.41, 5.74) is 10.8. The fraction of sp³-hybridized carbons (Fsp3) is 0.345. The molecule has 2 N–H and O–H groups in total. The van der Waals surface area contributed by atoms with Gasteiger partial charge in [-0.3, -0.25) is 14.6 Å². The Balaban J connectivity index is 0.00000241. The summed E-state index contributed by atoms with van der Waals surface area (Å²) in [6.07, 6.45) is 5.81. The molecule has 1 saturated heterocycles. The Morgan fingerprint density at radius 2 is 1.70 bits per heavy atom. The van der Waals surface area contributed by atoms with E-state index in [-0.39, 0.29) is 42.6 Å². The van der Waals surface area contributed by atoms with Crippen molar-refractivity contribution in [3.05, 3.63) is 101 Å². The van der Waals surface area contributed by atoms with Gasteiger partial charge >= 0.3 is 5.97 Å². The Labute approximate surface area is 231 Å². The Kier molecular flexibility index (Phi) is 12.1. The first-order valence-electron chi connectivity index (χ1n) is 12.3. The molecule has 8 heteroatoms. The normalized spacial score (nSPS) is 16.8. The number of rotatable bonds is 8. The highest BCUT2D eigenvalue weighted by Gasteiger charge is 2.38. The molecule has 4 rings (SSSR count). The van der Waals surface area contributed by atoms with Crippen LogP contribution in [0.5, 0.6) is 0 Å². The molecule has 1 amide bonds. The number of carbonyl (C=O) groups excluding carboxylic acids is 2. The van der Waals surface area contributed by atoms with E-state index in [2.05, 4.69) is 23.2 Å². The summed E-state index contributed by atoms with van der Waals surface area (Å²) >= 11 is 0. The van der Waals surface area contributed by atoms with Gasteiger partial charge in [0.05, 0.1) is 18.1 Å². The first-order valence-corrected chi connectivity index (χ1v) is 12.3. The molecule has 1 aliphatic heterocycles. The zero-order valence-corrected chi connectivity index (χ0v) is 22.7. The average Bonchev–Trinajstić information content (AvgIpc) is 2.92. The van der Waals surface area contributed by atoms with Gasteiger partial charge in [0.15, 0.2) is 0 Å². The second kappa shape index (κ2) is 14.7. The highest BCUT2D eigenvalue weighted by atomic mass is 35.5. The number of ether oxygens (including phenoxy) is 1. The summed E-state index contributed by atoms with van der Waals surface area (Å²) in [6, 6.07) is 20.3. The molecule has 0 bridgehead atoms. The lowest BCUT2D eigenvalue weighted by molar-refractivity contribution is -0.150. The van der Waals surface area contributed by atoms with Crippen LogP contribution in [0.25, 0.3) is 0 Å². The fourth-order valence-electron chi connectivity index (χ4n) is 4.83. The number of benzene rings is 2. The standard InChI is InChI=1S/C29H33N3O3.2ClH/c1-2-35-29(34)27-20-32(14-13-26(27)24-10-6-9-22(15-24)17-30)28(33)25-16-23(18-31-19-25)12-11-21-7-4-3-5-8-21;;/h3-10,15-16,18-19,26-27H,2,11-14,17,20,30H2,1H3;2*1H/t26-,27+;;/m1../s1. The maximum atomic E-state index is 13.4. The van der Waals surface area contributed by atoms with Gasteiger partial charge in [-0.05, 0) is 54.5 Å². The van der Waals surface area contributed by atoms with E-state index in [4.69, 9.17) is 10.5 Å². The predicted molar refractivity (Wildman–Crippen MR) is 150 cm³/mol. The van der Waals surface area contributed by atoms with Crippen molar-refractivity contribution in [2.75, 3.05) is 19.7 Å². The monoisotopic (exact) mass is 543 g/mol. The zero-order valence-electron chi connectivity index (χ0n) is 21.0. The minimum absolute atomic E-state index is 0. The molecule has 0 spiro atoms. The minimum atomic E-state index is -0.421. The number of hydrogen-bond acceptors (Lipinski definition) is 5. The molecule has 2 aromatic carbocycles. The van der Waals surface area contributed by atoms with Gasteiger partial charge in [0, 0.05) is 37.9 Å². The van der Waals surface area contributed by atoms with E-state index in [9.17, 15) is 9.59 Å². The molecule has 0 saturated carbocycles. The Morgan fingerprint density at radius 3 is 2.43 bits per heavy atom. The molecule has 1 fully saturated rings. The number of aromatic nitrogens is 1. The lowest BCUT2D eigenvalue weighted by Gasteiger charge is -2.37. The van der Waals surface area contributed by atoms with Crippen molar-refractivity contribution < 1.29 is 14.3 Å². The number of nitrogens with two attached hydrogens (primary N) is 1. The second-order valence-electron chi connectivity index (χ2n) is 9.02. The summed E-state index contributed by atoms with van der Waals surface area (Å²) in [6.45, 7) is 3.46. The number of nitrogens with zero attached hydrogens (tertiary/aromatic N) is 2. The molecule has 0 unspecified atom stereocenters. The summed E-state index contributed by atoms with van der Waals surface area (Å²) in [5, 5.41) is 0. The van der Waals surface area contributed by atoms with Crippen LogP contribution in [0, 0.1) is 5.92 Å². The molecule has 2 heterocycles. The quantitative estimate of drug-likeness (QED) is 0.405. The van der Waals surface area contributed by atoms with Crippen molar-refractivity contribution in [1.29, 1.82) is 0 Å². The lowest BCUT2D eigenvalue weighted by Crippen LogP contribution is -2.46. The van der Waals surface area contributed by atoms with E-state index in [0.29, 0.717) is 38.2 Å². The third-order valence-electron chi connectivity index (χ3n) is 6.69. The van der Waals surface area contributed by atoms with Crippen molar-refractivity contribution in [2.24, 2.45) is 11.7 Å². The Hall–Kier alpha value is -2.93. The number of likely N-dealkylation sites (tertiary alicyclic amines) is 1. The number of pyridine rings is 1. The van der Waals surface area contributed by atoms with Crippen LogP contribution in [0.2, 0.25) is 0 Å². The number of carbonyl (C=O) groups is 2. The van der Waals surface area contributed by atoms with Gasteiger partial charge in [-0.2, -0.15) is 0 Å². The van der Waals surface area contributed by atoms with E-state index >= 15 is 0 Å². The van der Waals surface area contributed by atoms with E-state index in [1.165, 1.54) is 5.56 Å². The van der Waals surface area contributed by atoms with Crippen LogP contribution in [0.1, 0.15) is 51.9 Å². The summed E-state index contributed by atoms with van der Waals surface area (Å²) in [4.78, 5) is 32.4. The third-order valence-corrected chi connectivity index (χ3v) is 6.69. The molecule has 2 atom stereocenters. The molecule has 6 nitrogen and oxygen atoms in total. The van der Waals surface area contributed by atoms with E-state index in [1.807, 2.05) is 48.7 Å². The first-order chi connectivity index (χ1) is 17.1. The SMILES string of the molecule is CCOC(=O)[C@H]1CN(C(=O)c2cncc(CCc3ccccc3)c2)CC[C@@H]1c1cccc(CN)c1.Cl.Cl. The lowest BCUT2D eigenvalue weighted by atomic mass is 9.79. The van der Waals surface area contributed by atoms with Gasteiger partial charge in [-0.15, -0.1) is 24.8 Å². The largest absolute Gasteiger partial charge is 0.466 e. The van der Waals surface area contributed by atoms with Crippen molar-refractivity contribution in [3.8, 4) is 0 Å². The van der Waals surface area contributed by atoms with Crippen molar-refractivity contribution in [1.82, 2.24) is 9.88 Å². The van der Waals surface area contributed by atoms with Gasteiger partial charge < -0.3 is 15.4 Å². The molecule has 3 aromatic rings. The van der Waals surface area contributed by atoms with Crippen molar-refractivity contribution in [2.45, 2.75) is 38.6 Å². The molecule has 1 aromatic heterocycles. The van der Waals surface area contributed by atoms with Crippen LogP contribution in [-0.4, -0.2) is 41.5 Å². The summed E-state index contributed by atoms with van der Waals surface area (Å²) < 4.78 is 5.40. The number of aryl methyl sites for hydroxylation is 2. The topological polar surface area (TPSA) is 85.5 Å². The second-order valence-corrected chi connectivity index (χ2v) is 9.02. The Morgan fingerprint density at radius 1 is 0.973 bits per heavy atom. The zero-order chi connectivity index (χ0) is 24.6. The van der Waals surface area contributed by atoms with Crippen molar-refractivity contribution >= 4 is 36.7 Å². The molecule has 37 heavy (non-hydrogen) atoms. The van der Waals surface area contributed by atoms with Crippen LogP contribution >= 0.6 is 24.8 Å². The number of piperidine rings is 1. The average molecular weight is 545 g/mol. The fourth-order valence-corrected chi connectivity index (χ4v) is 4.83. The number of halogens is 2. The van der Waals surface area contributed by atoms with Crippen LogP contribution in [0.3, 0.4) is 0 Å². The maximum absolute atomic E-state index is 13.4. The van der Waals surface area contributed by atoms with E-state index in [1.54, 1.807) is 18.0 Å². The predicted octanol–water partition coefficient (Wildman–Crippen LogP) is 4.98. The van der Waals surface area contributed by atoms with Gasteiger partial charge in [0.25, 0.3) is 5.91 Å². The minimum Gasteiger partial charge on any atom is -0.466 e. The molecular formula is C29H35Cl2N3O3. The number of amides is 1. The highest BCUT2D eigenvalue weighted by Crippen LogP contribution is 2.35. The highest BCUT2D eigenvalue weighted by molar-refractivity contribution is 5.94. The Bertz CT molecular complexity index is 1160. The number of esters is 1. The number of hydrogen-bond donors (Lipinski definition) is 1. The third kappa shape index (κ3) is 7.78. The first kappa shape index (κ1) is 30.3. The van der Waals surface area contributed by atoms with Crippen LogP contribution in [-0.2, 0) is 28.9 Å². The van der Waals surface area contributed by atoms with E-state index < -0.39 is 5.92 Å². The summed E-state index contributed by atoms with van der Waals surface area (Å²) in [7, 11) is 0. The van der Waals surface area contributed by atoms with Crippen LogP contribution in [0.4, 0.5) is 0 Å². The van der Waals surface area contributed by atoms with Crippen molar-refractivity contribution in [3.63, 3.8) is 0 Å². The van der Waals surface area contributed by atoms with Gasteiger partial charge in [-0.25, -0.2) is 0 Å². The smallest absolute Gasteiger partial charge is 0.311 e. The summed E-state index contributed by atoms with van der Waals surface area (Å²) in [5.74, 6) is -0.791. The molecular weight excluding hydrogens is 509 g/mol. The van der Waals surface area contributed by atoms with Gasteiger partial charge in [0.1, 0.15) is 0 Å². The maximum Gasteiger partial charge on any atom is 0.311 e. The van der Waals surface area contributed by atoms with E-state index in [0.717, 1.165) is 29.5 Å². The van der Waals surface area contributed by atoms with Crippen LogP contribution < -0.4 is 5.73 Å². The van der Waals surface area contributed by atoms with Crippen LogP contribution in [0.15, 0.2) is 73.1 Å². The van der Waals surface area contributed by atoms with Gasteiger partial charge in [-0.1, -0.05) is 54.6 Å². The molecule has 1 aliphatic rings. The molecule has 0 radical (unpaired) electrons. The van der Waals surface area contributed by atoms with Gasteiger partial charge in [0.2, 0.25) is 0 Å². The molecule has 198 valence electrons.